The smallest absolute Gasteiger partial charge is 0.191 e. The minimum Gasteiger partial charge on any atom is -0.373 e. The Balaban J connectivity index is 1.59. The lowest BCUT2D eigenvalue weighted by atomic mass is 10.1. The van der Waals surface area contributed by atoms with Crippen molar-refractivity contribution in [2.75, 3.05) is 20.1 Å². The third kappa shape index (κ3) is 6.31. The van der Waals surface area contributed by atoms with Crippen molar-refractivity contribution in [3.63, 3.8) is 0 Å². The molecule has 2 heterocycles. The van der Waals surface area contributed by atoms with Gasteiger partial charge in [-0.3, -0.25) is 9.89 Å². The van der Waals surface area contributed by atoms with Crippen LogP contribution in [0.5, 0.6) is 0 Å². The molecule has 1 saturated heterocycles. The molecule has 2 N–H and O–H groups in total. The Morgan fingerprint density at radius 1 is 1.06 bits per heavy atom. The summed E-state index contributed by atoms with van der Waals surface area (Å²) in [7, 11) is 1.80. The van der Waals surface area contributed by atoms with Crippen molar-refractivity contribution in [2.24, 2.45) is 4.99 Å². The molecule has 7 nitrogen and oxygen atoms in total. The molecule has 0 spiro atoms. The molecule has 0 aliphatic carbocycles. The van der Waals surface area contributed by atoms with Gasteiger partial charge < -0.3 is 19.9 Å². The molecule has 31 heavy (non-hydrogen) atoms. The van der Waals surface area contributed by atoms with Crippen LogP contribution in [0, 0.1) is 0 Å². The van der Waals surface area contributed by atoms with Gasteiger partial charge in [0.25, 0.3) is 0 Å². The largest absolute Gasteiger partial charge is 0.373 e. The minimum absolute atomic E-state index is 0.274. The van der Waals surface area contributed by atoms with Crippen LogP contribution in [0.1, 0.15) is 55.8 Å². The number of nitrogens with one attached hydrogen (secondary N) is 2. The molecule has 1 aliphatic heterocycles. The van der Waals surface area contributed by atoms with E-state index in [0.29, 0.717) is 6.54 Å². The molecule has 2 unspecified atom stereocenters. The van der Waals surface area contributed by atoms with Crippen molar-refractivity contribution in [2.45, 2.75) is 72.4 Å². The van der Waals surface area contributed by atoms with Gasteiger partial charge in [-0.05, 0) is 31.4 Å². The quantitative estimate of drug-likeness (QED) is 0.498. The van der Waals surface area contributed by atoms with Crippen LogP contribution in [0.3, 0.4) is 0 Å². The van der Waals surface area contributed by atoms with Crippen molar-refractivity contribution in [1.29, 1.82) is 0 Å². The van der Waals surface area contributed by atoms with Crippen LogP contribution in [-0.2, 0) is 37.2 Å². The molecular weight excluding hydrogens is 390 g/mol. The summed E-state index contributed by atoms with van der Waals surface area (Å²) in [5, 5.41) is 11.1. The van der Waals surface area contributed by atoms with Gasteiger partial charge in [0.1, 0.15) is 5.76 Å². The van der Waals surface area contributed by atoms with Crippen LogP contribution < -0.4 is 10.6 Å². The summed E-state index contributed by atoms with van der Waals surface area (Å²) >= 11 is 0. The SMILES string of the molecule is CCc1noc(CC)c1CNC(=NC)NCc1ccccc1CN1CC(C)OC(C)C1. The Kier molecular flexibility index (Phi) is 8.49. The normalized spacial score (nSPS) is 20.1. The van der Waals surface area contributed by atoms with Gasteiger partial charge in [-0.2, -0.15) is 0 Å². The van der Waals surface area contributed by atoms with E-state index < -0.39 is 0 Å². The molecular formula is C24H37N5O2. The molecule has 170 valence electrons. The number of ether oxygens (including phenoxy) is 1. The zero-order chi connectivity index (χ0) is 22.2. The van der Waals surface area contributed by atoms with Gasteiger partial charge in [-0.25, -0.2) is 0 Å². The van der Waals surface area contributed by atoms with E-state index in [1.54, 1.807) is 7.05 Å². The predicted octanol–water partition coefficient (Wildman–Crippen LogP) is 3.27. The molecule has 1 aromatic carbocycles. The fourth-order valence-corrected chi connectivity index (χ4v) is 4.25. The van der Waals surface area contributed by atoms with E-state index in [-0.39, 0.29) is 12.2 Å². The first-order valence-corrected chi connectivity index (χ1v) is 11.4. The molecule has 0 radical (unpaired) electrons. The van der Waals surface area contributed by atoms with Gasteiger partial charge in [0, 0.05) is 51.8 Å². The summed E-state index contributed by atoms with van der Waals surface area (Å²) in [6, 6.07) is 8.62. The van der Waals surface area contributed by atoms with Gasteiger partial charge in [-0.15, -0.1) is 0 Å². The van der Waals surface area contributed by atoms with E-state index in [1.807, 2.05) is 0 Å². The molecule has 2 aromatic rings. The predicted molar refractivity (Wildman–Crippen MR) is 124 cm³/mol. The number of guanidine groups is 1. The number of hydrogen-bond acceptors (Lipinski definition) is 5. The Morgan fingerprint density at radius 2 is 1.74 bits per heavy atom. The second-order valence-corrected chi connectivity index (χ2v) is 8.24. The summed E-state index contributed by atoms with van der Waals surface area (Å²) in [4.78, 5) is 6.88. The highest BCUT2D eigenvalue weighted by Crippen LogP contribution is 2.17. The number of hydrogen-bond donors (Lipinski definition) is 2. The molecule has 0 saturated carbocycles. The summed E-state index contributed by atoms with van der Waals surface area (Å²) < 4.78 is 11.3. The first-order chi connectivity index (χ1) is 15.0. The zero-order valence-electron chi connectivity index (χ0n) is 19.6. The summed E-state index contributed by atoms with van der Waals surface area (Å²) in [5.41, 5.74) is 4.78. The van der Waals surface area contributed by atoms with E-state index >= 15 is 0 Å². The van der Waals surface area contributed by atoms with E-state index in [0.717, 1.165) is 62.0 Å². The van der Waals surface area contributed by atoms with Crippen LogP contribution >= 0.6 is 0 Å². The van der Waals surface area contributed by atoms with Crippen LogP contribution in [-0.4, -0.2) is 48.4 Å². The van der Waals surface area contributed by atoms with Crippen LogP contribution in [0.25, 0.3) is 0 Å². The molecule has 0 amide bonds. The lowest BCUT2D eigenvalue weighted by Crippen LogP contribution is -2.45. The second-order valence-electron chi connectivity index (χ2n) is 8.24. The van der Waals surface area contributed by atoms with E-state index in [9.17, 15) is 0 Å². The maximum absolute atomic E-state index is 5.88. The number of aliphatic imine (C=N–C) groups is 1. The van der Waals surface area contributed by atoms with Crippen molar-refractivity contribution >= 4 is 5.96 Å². The third-order valence-electron chi connectivity index (χ3n) is 5.72. The first kappa shape index (κ1) is 23.3. The average molecular weight is 428 g/mol. The number of benzene rings is 1. The number of aryl methyl sites for hydroxylation is 2. The molecule has 3 rings (SSSR count). The van der Waals surface area contributed by atoms with Gasteiger partial charge >= 0.3 is 0 Å². The number of nitrogens with zero attached hydrogens (tertiary/aromatic N) is 3. The van der Waals surface area contributed by atoms with Gasteiger partial charge in [-0.1, -0.05) is 43.3 Å². The summed E-state index contributed by atoms with van der Waals surface area (Å²) in [6.45, 7) is 12.7. The number of rotatable bonds is 8. The summed E-state index contributed by atoms with van der Waals surface area (Å²) in [6.07, 6.45) is 2.24. The topological polar surface area (TPSA) is 74.9 Å². The van der Waals surface area contributed by atoms with Crippen LogP contribution in [0.2, 0.25) is 0 Å². The van der Waals surface area contributed by atoms with Crippen molar-refractivity contribution in [3.05, 3.63) is 52.4 Å². The van der Waals surface area contributed by atoms with Gasteiger partial charge in [0.2, 0.25) is 0 Å². The van der Waals surface area contributed by atoms with Gasteiger partial charge in [0.15, 0.2) is 5.96 Å². The second kappa shape index (κ2) is 11.3. The lowest BCUT2D eigenvalue weighted by molar-refractivity contribution is -0.0705. The molecule has 1 aromatic heterocycles. The Labute approximate surface area is 186 Å². The van der Waals surface area contributed by atoms with E-state index in [2.05, 4.69) is 77.6 Å². The number of morpholine rings is 1. The maximum Gasteiger partial charge on any atom is 0.191 e. The van der Waals surface area contributed by atoms with Crippen LogP contribution in [0.15, 0.2) is 33.8 Å². The lowest BCUT2D eigenvalue weighted by Gasteiger charge is -2.35. The van der Waals surface area contributed by atoms with E-state index in [4.69, 9.17) is 9.26 Å². The van der Waals surface area contributed by atoms with Crippen molar-refractivity contribution < 1.29 is 9.26 Å². The molecule has 7 heteroatoms. The molecule has 0 bridgehead atoms. The zero-order valence-corrected chi connectivity index (χ0v) is 19.6. The fourth-order valence-electron chi connectivity index (χ4n) is 4.25. The minimum atomic E-state index is 0.274. The summed E-state index contributed by atoms with van der Waals surface area (Å²) in [5.74, 6) is 1.72. The van der Waals surface area contributed by atoms with Crippen LogP contribution in [0.4, 0.5) is 0 Å². The third-order valence-corrected chi connectivity index (χ3v) is 5.72. The highest BCUT2D eigenvalue weighted by molar-refractivity contribution is 5.79. The Bertz CT molecular complexity index is 832. The molecule has 2 atom stereocenters. The average Bonchev–Trinajstić information content (AvgIpc) is 3.16. The Morgan fingerprint density at radius 3 is 2.39 bits per heavy atom. The molecule has 1 aliphatic rings. The number of aromatic nitrogens is 1. The van der Waals surface area contributed by atoms with Crippen molar-refractivity contribution in [3.8, 4) is 0 Å². The Hall–Kier alpha value is -2.38. The molecule has 1 fully saturated rings. The highest BCUT2D eigenvalue weighted by Gasteiger charge is 2.22. The van der Waals surface area contributed by atoms with Gasteiger partial charge in [0.05, 0.1) is 17.9 Å². The standard InChI is InChI=1S/C24H37N5O2/c1-6-22-21(23(7-2)31-28-22)13-27-24(25-5)26-12-19-10-8-9-11-20(19)16-29-14-17(3)30-18(4)15-29/h8-11,17-18H,6-7,12-16H2,1-5H3,(H2,25,26,27). The van der Waals surface area contributed by atoms with Crippen molar-refractivity contribution in [1.82, 2.24) is 20.7 Å². The maximum atomic E-state index is 5.88. The first-order valence-electron chi connectivity index (χ1n) is 11.4. The fraction of sp³-hybridized carbons (Fsp3) is 0.583. The highest BCUT2D eigenvalue weighted by atomic mass is 16.5. The van der Waals surface area contributed by atoms with E-state index in [1.165, 1.54) is 11.1 Å². The monoisotopic (exact) mass is 427 g/mol.